The van der Waals surface area contributed by atoms with Crippen molar-refractivity contribution in [1.82, 2.24) is 10.2 Å². The Morgan fingerprint density at radius 1 is 1.04 bits per heavy atom. The van der Waals surface area contributed by atoms with Crippen molar-refractivity contribution >= 4 is 11.9 Å². The molecule has 0 radical (unpaired) electrons. The van der Waals surface area contributed by atoms with Gasteiger partial charge >= 0.3 is 6.01 Å². The van der Waals surface area contributed by atoms with Gasteiger partial charge in [0, 0.05) is 5.56 Å². The minimum absolute atomic E-state index is 0.0731. The van der Waals surface area contributed by atoms with Crippen LogP contribution in [-0.4, -0.2) is 22.9 Å². The van der Waals surface area contributed by atoms with Gasteiger partial charge in [0.1, 0.15) is 0 Å². The largest absolute Gasteiger partial charge is 0.454 e. The minimum Gasteiger partial charge on any atom is -0.454 e. The highest BCUT2D eigenvalue weighted by molar-refractivity contribution is 6.03. The monoisotopic (exact) mass is 351 g/mol. The Kier molecular flexibility index (Phi) is 4.04. The predicted octanol–water partition coefficient (Wildman–Crippen LogP) is 3.26. The SMILES string of the molecule is Cc1ccc(C(=O)Nc2nnc(Cc3ccc4c(c3)OCO4)o2)cc1C. The number of ether oxygens (including phenoxy) is 2. The summed E-state index contributed by atoms with van der Waals surface area (Å²) in [5, 5.41) is 10.5. The molecule has 1 aliphatic rings. The van der Waals surface area contributed by atoms with E-state index in [0.29, 0.717) is 23.6 Å². The Morgan fingerprint density at radius 3 is 2.73 bits per heavy atom. The fraction of sp³-hybridized carbons (Fsp3) is 0.211. The van der Waals surface area contributed by atoms with Gasteiger partial charge in [0.25, 0.3) is 5.91 Å². The molecule has 0 atom stereocenters. The van der Waals surface area contributed by atoms with Crippen LogP contribution in [0.4, 0.5) is 6.01 Å². The number of carbonyl (C=O) groups is 1. The maximum Gasteiger partial charge on any atom is 0.322 e. The van der Waals surface area contributed by atoms with Crippen molar-refractivity contribution < 1.29 is 18.7 Å². The van der Waals surface area contributed by atoms with Gasteiger partial charge in [-0.1, -0.05) is 17.2 Å². The lowest BCUT2D eigenvalue weighted by Gasteiger charge is -2.04. The zero-order valence-corrected chi connectivity index (χ0v) is 14.4. The van der Waals surface area contributed by atoms with E-state index in [0.717, 1.165) is 22.4 Å². The molecule has 1 aromatic heterocycles. The fourth-order valence-electron chi connectivity index (χ4n) is 2.65. The van der Waals surface area contributed by atoms with Crippen molar-refractivity contribution in [3.05, 3.63) is 64.5 Å². The lowest BCUT2D eigenvalue weighted by Crippen LogP contribution is -2.12. The molecule has 0 spiro atoms. The van der Waals surface area contributed by atoms with Crippen molar-refractivity contribution in [3.8, 4) is 11.5 Å². The van der Waals surface area contributed by atoms with Gasteiger partial charge in [-0.05, 0) is 54.8 Å². The topological polar surface area (TPSA) is 86.5 Å². The van der Waals surface area contributed by atoms with Crippen LogP contribution in [0.5, 0.6) is 11.5 Å². The molecule has 7 heteroatoms. The van der Waals surface area contributed by atoms with E-state index in [2.05, 4.69) is 15.5 Å². The van der Waals surface area contributed by atoms with Gasteiger partial charge < -0.3 is 13.9 Å². The Hall–Kier alpha value is -3.35. The van der Waals surface area contributed by atoms with Crippen LogP contribution in [0.2, 0.25) is 0 Å². The zero-order valence-electron chi connectivity index (χ0n) is 14.4. The number of hydrogen-bond acceptors (Lipinski definition) is 6. The van der Waals surface area contributed by atoms with E-state index in [1.54, 1.807) is 6.07 Å². The van der Waals surface area contributed by atoms with E-state index in [-0.39, 0.29) is 18.7 Å². The summed E-state index contributed by atoms with van der Waals surface area (Å²) in [5.74, 6) is 1.54. The summed E-state index contributed by atoms with van der Waals surface area (Å²) in [5.41, 5.74) is 3.67. The first-order chi connectivity index (χ1) is 12.6. The number of nitrogens with one attached hydrogen (secondary N) is 1. The van der Waals surface area contributed by atoms with Gasteiger partial charge in [-0.2, -0.15) is 0 Å². The Labute approximate surface area is 150 Å². The first kappa shape index (κ1) is 16.1. The summed E-state index contributed by atoms with van der Waals surface area (Å²) in [4.78, 5) is 12.3. The van der Waals surface area contributed by atoms with E-state index in [1.807, 2.05) is 44.2 Å². The highest BCUT2D eigenvalue weighted by atomic mass is 16.7. The number of nitrogens with zero attached hydrogens (tertiary/aromatic N) is 2. The zero-order chi connectivity index (χ0) is 18.1. The highest BCUT2D eigenvalue weighted by Gasteiger charge is 2.16. The molecule has 26 heavy (non-hydrogen) atoms. The average molecular weight is 351 g/mol. The molecule has 1 amide bonds. The first-order valence-corrected chi connectivity index (χ1v) is 8.18. The molecule has 2 heterocycles. The number of rotatable bonds is 4. The van der Waals surface area contributed by atoms with Crippen LogP contribution < -0.4 is 14.8 Å². The number of aryl methyl sites for hydroxylation is 2. The molecule has 2 aromatic carbocycles. The normalized spacial score (nSPS) is 12.2. The van der Waals surface area contributed by atoms with E-state index in [4.69, 9.17) is 13.9 Å². The number of carbonyl (C=O) groups excluding carboxylic acids is 1. The van der Waals surface area contributed by atoms with Crippen molar-refractivity contribution in [3.63, 3.8) is 0 Å². The standard InChI is InChI=1S/C19H17N3O4/c1-11-3-5-14(7-12(11)2)18(23)20-19-22-21-17(26-19)9-13-4-6-15-16(8-13)25-10-24-15/h3-8H,9-10H2,1-2H3,(H,20,22,23). The first-order valence-electron chi connectivity index (χ1n) is 8.18. The van der Waals surface area contributed by atoms with E-state index in [9.17, 15) is 4.79 Å². The molecule has 0 saturated carbocycles. The fourth-order valence-corrected chi connectivity index (χ4v) is 2.65. The highest BCUT2D eigenvalue weighted by Crippen LogP contribution is 2.33. The van der Waals surface area contributed by atoms with E-state index < -0.39 is 0 Å². The second kappa shape index (κ2) is 6.51. The van der Waals surface area contributed by atoms with Crippen LogP contribution in [0.15, 0.2) is 40.8 Å². The quantitative estimate of drug-likeness (QED) is 0.776. The minimum atomic E-state index is -0.286. The Balaban J connectivity index is 1.44. The maximum absolute atomic E-state index is 12.3. The molecular formula is C19H17N3O4. The second-order valence-electron chi connectivity index (χ2n) is 6.12. The van der Waals surface area contributed by atoms with Gasteiger partial charge in [0.2, 0.25) is 12.7 Å². The molecule has 0 fully saturated rings. The van der Waals surface area contributed by atoms with E-state index >= 15 is 0 Å². The van der Waals surface area contributed by atoms with Crippen molar-refractivity contribution in [2.75, 3.05) is 12.1 Å². The molecular weight excluding hydrogens is 334 g/mol. The average Bonchev–Trinajstić information content (AvgIpc) is 3.26. The lowest BCUT2D eigenvalue weighted by atomic mass is 10.1. The molecule has 3 aromatic rings. The summed E-state index contributed by atoms with van der Waals surface area (Å²) in [6.45, 7) is 4.19. The summed E-state index contributed by atoms with van der Waals surface area (Å²) >= 11 is 0. The molecule has 1 N–H and O–H groups in total. The van der Waals surface area contributed by atoms with Crippen LogP contribution in [0.3, 0.4) is 0 Å². The van der Waals surface area contributed by atoms with Crippen LogP contribution >= 0.6 is 0 Å². The Morgan fingerprint density at radius 2 is 1.88 bits per heavy atom. The third-order valence-corrected chi connectivity index (χ3v) is 4.25. The lowest BCUT2D eigenvalue weighted by molar-refractivity contribution is 0.102. The number of fused-ring (bicyclic) bond motifs is 1. The molecule has 0 bridgehead atoms. The van der Waals surface area contributed by atoms with Gasteiger partial charge in [0.15, 0.2) is 11.5 Å². The second-order valence-corrected chi connectivity index (χ2v) is 6.12. The predicted molar refractivity (Wildman–Crippen MR) is 93.5 cm³/mol. The third kappa shape index (κ3) is 3.23. The molecule has 132 valence electrons. The van der Waals surface area contributed by atoms with Crippen LogP contribution in [-0.2, 0) is 6.42 Å². The summed E-state index contributed by atoms with van der Waals surface area (Å²) in [7, 11) is 0. The maximum atomic E-state index is 12.3. The van der Waals surface area contributed by atoms with Crippen LogP contribution in [0.1, 0.15) is 32.9 Å². The summed E-state index contributed by atoms with van der Waals surface area (Å²) < 4.78 is 16.2. The molecule has 0 aliphatic carbocycles. The number of amides is 1. The molecule has 1 aliphatic heterocycles. The van der Waals surface area contributed by atoms with Gasteiger partial charge in [-0.3, -0.25) is 10.1 Å². The van der Waals surface area contributed by atoms with Gasteiger partial charge in [-0.25, -0.2) is 0 Å². The molecule has 0 unspecified atom stereocenters. The van der Waals surface area contributed by atoms with Crippen LogP contribution in [0, 0.1) is 13.8 Å². The number of hydrogen-bond donors (Lipinski definition) is 1. The number of aromatic nitrogens is 2. The Bertz CT molecular complexity index is 981. The number of anilines is 1. The smallest absolute Gasteiger partial charge is 0.322 e. The van der Waals surface area contributed by atoms with Crippen molar-refractivity contribution in [2.24, 2.45) is 0 Å². The molecule has 4 rings (SSSR count). The van der Waals surface area contributed by atoms with E-state index in [1.165, 1.54) is 0 Å². The van der Waals surface area contributed by atoms with Gasteiger partial charge in [-0.15, -0.1) is 5.10 Å². The third-order valence-electron chi connectivity index (χ3n) is 4.25. The van der Waals surface area contributed by atoms with Crippen molar-refractivity contribution in [2.45, 2.75) is 20.3 Å². The van der Waals surface area contributed by atoms with Crippen LogP contribution in [0.25, 0.3) is 0 Å². The summed E-state index contributed by atoms with van der Waals surface area (Å²) in [6, 6.07) is 11.2. The van der Waals surface area contributed by atoms with Crippen molar-refractivity contribution in [1.29, 1.82) is 0 Å². The molecule has 0 saturated heterocycles. The van der Waals surface area contributed by atoms with Gasteiger partial charge in [0.05, 0.1) is 6.42 Å². The number of benzene rings is 2. The molecule has 7 nitrogen and oxygen atoms in total. The summed E-state index contributed by atoms with van der Waals surface area (Å²) in [6.07, 6.45) is 0.434.